The highest BCUT2D eigenvalue weighted by atomic mass is 35.5. The van der Waals surface area contributed by atoms with Crippen molar-refractivity contribution >= 4 is 17.5 Å². The van der Waals surface area contributed by atoms with Crippen molar-refractivity contribution in [1.29, 1.82) is 0 Å². The Labute approximate surface area is 168 Å². The van der Waals surface area contributed by atoms with Crippen molar-refractivity contribution in [3.05, 3.63) is 29.3 Å². The van der Waals surface area contributed by atoms with E-state index >= 15 is 0 Å². The Morgan fingerprint density at radius 2 is 1.78 bits per heavy atom. The van der Waals surface area contributed by atoms with E-state index in [1.807, 2.05) is 0 Å². The first-order valence-electron chi connectivity index (χ1n) is 10.2. The predicted octanol–water partition coefficient (Wildman–Crippen LogP) is 3.18. The molecule has 5 nitrogen and oxygen atoms in total. The molecular formula is C21H32ClN3O2. The van der Waals surface area contributed by atoms with E-state index in [1.165, 1.54) is 32.1 Å². The summed E-state index contributed by atoms with van der Waals surface area (Å²) in [5, 5.41) is 3.81. The molecule has 0 atom stereocenters. The lowest BCUT2D eigenvalue weighted by molar-refractivity contribution is -0.124. The average molecular weight is 394 g/mol. The van der Waals surface area contributed by atoms with Crippen LogP contribution >= 0.6 is 11.6 Å². The van der Waals surface area contributed by atoms with Crippen molar-refractivity contribution in [2.24, 2.45) is 0 Å². The van der Waals surface area contributed by atoms with E-state index in [0.717, 1.165) is 39.3 Å². The number of ether oxygens (including phenoxy) is 1. The van der Waals surface area contributed by atoms with Gasteiger partial charge in [-0.3, -0.25) is 9.69 Å². The van der Waals surface area contributed by atoms with Gasteiger partial charge in [0.2, 0.25) is 0 Å². The minimum Gasteiger partial charge on any atom is -0.484 e. The minimum absolute atomic E-state index is 0.0430. The maximum Gasteiger partial charge on any atom is 0.258 e. The van der Waals surface area contributed by atoms with E-state index in [2.05, 4.69) is 22.0 Å². The summed E-state index contributed by atoms with van der Waals surface area (Å²) in [7, 11) is 0. The van der Waals surface area contributed by atoms with Crippen LogP contribution in [0.2, 0.25) is 5.02 Å². The number of likely N-dealkylation sites (N-methyl/N-ethyl adjacent to an activating group) is 1. The molecule has 150 valence electrons. The van der Waals surface area contributed by atoms with E-state index < -0.39 is 0 Å². The number of hydrogen-bond donors (Lipinski definition) is 1. The van der Waals surface area contributed by atoms with Gasteiger partial charge in [-0.05, 0) is 43.7 Å². The standard InChI is InChI=1S/C21H32ClN3O2/c1-2-24-12-14-25(15-13-24)21(10-4-3-5-11-21)17-23-20(26)16-27-19-8-6-18(22)7-9-19/h6-9H,2-5,10-17H2,1H3,(H,23,26). The molecule has 1 N–H and O–H groups in total. The molecule has 2 fully saturated rings. The van der Waals surface area contributed by atoms with E-state index in [9.17, 15) is 4.79 Å². The summed E-state index contributed by atoms with van der Waals surface area (Å²) in [6, 6.07) is 7.10. The number of nitrogens with one attached hydrogen (secondary N) is 1. The van der Waals surface area contributed by atoms with E-state index in [0.29, 0.717) is 10.8 Å². The second-order valence-corrected chi connectivity index (χ2v) is 8.16. The van der Waals surface area contributed by atoms with Gasteiger partial charge in [-0.1, -0.05) is 37.8 Å². The van der Waals surface area contributed by atoms with Crippen molar-refractivity contribution < 1.29 is 9.53 Å². The molecule has 1 amide bonds. The van der Waals surface area contributed by atoms with Gasteiger partial charge in [0.25, 0.3) is 5.91 Å². The molecule has 0 aromatic heterocycles. The maximum atomic E-state index is 12.4. The van der Waals surface area contributed by atoms with Crippen LogP contribution in [0, 0.1) is 0 Å². The fraction of sp³-hybridized carbons (Fsp3) is 0.667. The van der Waals surface area contributed by atoms with Crippen LogP contribution in [0.15, 0.2) is 24.3 Å². The molecule has 0 radical (unpaired) electrons. The van der Waals surface area contributed by atoms with Gasteiger partial charge in [-0.2, -0.15) is 0 Å². The second-order valence-electron chi connectivity index (χ2n) is 7.73. The molecular weight excluding hydrogens is 362 g/mol. The molecule has 1 aliphatic carbocycles. The minimum atomic E-state index is -0.0536. The SMILES string of the molecule is CCN1CCN(C2(CNC(=O)COc3ccc(Cl)cc3)CCCCC2)CC1. The number of carbonyl (C=O) groups is 1. The van der Waals surface area contributed by atoms with Gasteiger partial charge in [-0.15, -0.1) is 0 Å². The zero-order chi connectivity index (χ0) is 19.1. The highest BCUT2D eigenvalue weighted by Gasteiger charge is 2.39. The van der Waals surface area contributed by atoms with Gasteiger partial charge < -0.3 is 15.0 Å². The summed E-state index contributed by atoms with van der Waals surface area (Å²) in [6.07, 6.45) is 6.18. The van der Waals surface area contributed by atoms with E-state index in [-0.39, 0.29) is 18.1 Å². The predicted molar refractivity (Wildman–Crippen MR) is 109 cm³/mol. The molecule has 1 aromatic carbocycles. The second kappa shape index (κ2) is 9.76. The fourth-order valence-corrected chi connectivity index (χ4v) is 4.47. The smallest absolute Gasteiger partial charge is 0.258 e. The molecule has 1 aliphatic heterocycles. The quantitative estimate of drug-likeness (QED) is 0.772. The molecule has 6 heteroatoms. The number of nitrogens with zero attached hydrogens (tertiary/aromatic N) is 2. The van der Waals surface area contributed by atoms with Gasteiger partial charge in [0.05, 0.1) is 0 Å². The number of amides is 1. The number of benzene rings is 1. The first-order valence-corrected chi connectivity index (χ1v) is 10.6. The zero-order valence-electron chi connectivity index (χ0n) is 16.4. The van der Waals surface area contributed by atoms with Gasteiger partial charge in [0, 0.05) is 43.3 Å². The van der Waals surface area contributed by atoms with Crippen LogP contribution in [0.1, 0.15) is 39.0 Å². The van der Waals surface area contributed by atoms with Crippen LogP contribution in [0.25, 0.3) is 0 Å². The maximum absolute atomic E-state index is 12.4. The summed E-state index contributed by atoms with van der Waals surface area (Å²) < 4.78 is 5.58. The molecule has 1 saturated heterocycles. The topological polar surface area (TPSA) is 44.8 Å². The van der Waals surface area contributed by atoms with Crippen molar-refractivity contribution in [1.82, 2.24) is 15.1 Å². The Morgan fingerprint density at radius 3 is 2.41 bits per heavy atom. The molecule has 3 rings (SSSR count). The Hall–Kier alpha value is -1.30. The molecule has 1 aromatic rings. The summed E-state index contributed by atoms with van der Waals surface area (Å²) in [5.41, 5.74) is 0.119. The highest BCUT2D eigenvalue weighted by molar-refractivity contribution is 6.30. The van der Waals surface area contributed by atoms with Crippen LogP contribution < -0.4 is 10.1 Å². The van der Waals surface area contributed by atoms with Crippen molar-refractivity contribution in [2.75, 3.05) is 45.9 Å². The summed E-state index contributed by atoms with van der Waals surface area (Å²) in [5.74, 6) is 0.611. The lowest BCUT2D eigenvalue weighted by Gasteiger charge is -2.50. The lowest BCUT2D eigenvalue weighted by Crippen LogP contribution is -2.62. The first-order chi connectivity index (χ1) is 13.1. The van der Waals surface area contributed by atoms with Crippen molar-refractivity contribution in [3.63, 3.8) is 0 Å². The highest BCUT2D eigenvalue weighted by Crippen LogP contribution is 2.34. The number of piperazine rings is 1. The summed E-state index contributed by atoms with van der Waals surface area (Å²) in [6.45, 7) is 8.59. The van der Waals surface area contributed by atoms with Crippen LogP contribution in [0.4, 0.5) is 0 Å². The first kappa shape index (κ1) is 20.4. The van der Waals surface area contributed by atoms with Crippen LogP contribution in [0.5, 0.6) is 5.75 Å². The Balaban J connectivity index is 1.51. The summed E-state index contributed by atoms with van der Waals surface area (Å²) >= 11 is 5.88. The third-order valence-corrected chi connectivity index (χ3v) is 6.32. The Kier molecular flexibility index (Phi) is 7.39. The summed E-state index contributed by atoms with van der Waals surface area (Å²) in [4.78, 5) is 17.5. The van der Waals surface area contributed by atoms with Crippen LogP contribution in [-0.2, 0) is 4.79 Å². The monoisotopic (exact) mass is 393 g/mol. The Bertz CT molecular complexity index is 594. The Morgan fingerprint density at radius 1 is 1.11 bits per heavy atom. The van der Waals surface area contributed by atoms with E-state index in [1.54, 1.807) is 24.3 Å². The molecule has 1 heterocycles. The molecule has 1 saturated carbocycles. The largest absolute Gasteiger partial charge is 0.484 e. The third kappa shape index (κ3) is 5.59. The normalized spacial score (nSPS) is 21.0. The molecule has 0 bridgehead atoms. The molecule has 0 unspecified atom stereocenters. The molecule has 27 heavy (non-hydrogen) atoms. The lowest BCUT2D eigenvalue weighted by atomic mass is 9.79. The number of rotatable bonds is 7. The van der Waals surface area contributed by atoms with Crippen LogP contribution in [-0.4, -0.2) is 67.1 Å². The van der Waals surface area contributed by atoms with Gasteiger partial charge >= 0.3 is 0 Å². The van der Waals surface area contributed by atoms with Gasteiger partial charge in [0.1, 0.15) is 5.75 Å². The zero-order valence-corrected chi connectivity index (χ0v) is 17.1. The van der Waals surface area contributed by atoms with Crippen molar-refractivity contribution in [3.8, 4) is 5.75 Å². The van der Waals surface area contributed by atoms with Crippen molar-refractivity contribution in [2.45, 2.75) is 44.6 Å². The van der Waals surface area contributed by atoms with Gasteiger partial charge in [-0.25, -0.2) is 0 Å². The number of carbonyl (C=O) groups excluding carboxylic acids is 1. The van der Waals surface area contributed by atoms with Crippen LogP contribution in [0.3, 0.4) is 0 Å². The third-order valence-electron chi connectivity index (χ3n) is 6.07. The van der Waals surface area contributed by atoms with Gasteiger partial charge in [0.15, 0.2) is 6.61 Å². The molecule has 2 aliphatic rings. The molecule has 0 spiro atoms. The van der Waals surface area contributed by atoms with E-state index in [4.69, 9.17) is 16.3 Å². The number of halogens is 1. The average Bonchev–Trinajstić information content (AvgIpc) is 2.72. The number of hydrogen-bond acceptors (Lipinski definition) is 4. The fourth-order valence-electron chi connectivity index (χ4n) is 4.35.